The van der Waals surface area contributed by atoms with E-state index < -0.39 is 12.1 Å². The summed E-state index contributed by atoms with van der Waals surface area (Å²) < 4.78 is 11.3. The van der Waals surface area contributed by atoms with Gasteiger partial charge in [-0.2, -0.15) is 0 Å². The summed E-state index contributed by atoms with van der Waals surface area (Å²) in [6.45, 7) is 4.40. The molecule has 2 aromatic rings. The molecule has 0 radical (unpaired) electrons. The van der Waals surface area contributed by atoms with E-state index in [-0.39, 0.29) is 5.91 Å². The van der Waals surface area contributed by atoms with Gasteiger partial charge in [0.25, 0.3) is 0 Å². The topological polar surface area (TPSA) is 79.8 Å². The van der Waals surface area contributed by atoms with Crippen LogP contribution < -0.4 is 20.1 Å². The minimum absolute atomic E-state index is 0.00817. The summed E-state index contributed by atoms with van der Waals surface area (Å²) in [5.41, 5.74) is 1.87. The SMILES string of the molecule is CCCCCCCCCCCCCCCC(=O)N[C@H](CNCc1ccccc1)[C@@H](O)c1ccc2c(c1)OCCO2. The summed E-state index contributed by atoms with van der Waals surface area (Å²) in [5, 5.41) is 17.8. The molecule has 0 aromatic heterocycles. The highest BCUT2D eigenvalue weighted by atomic mass is 16.6. The minimum Gasteiger partial charge on any atom is -0.486 e. The normalized spacial score (nSPS) is 14.1. The van der Waals surface area contributed by atoms with E-state index in [1.807, 2.05) is 36.4 Å². The summed E-state index contributed by atoms with van der Waals surface area (Å²) in [5.74, 6) is 1.32. The summed E-state index contributed by atoms with van der Waals surface area (Å²) in [6, 6.07) is 15.2. The molecule has 222 valence electrons. The maximum Gasteiger partial charge on any atom is 0.220 e. The van der Waals surface area contributed by atoms with Crippen molar-refractivity contribution in [3.05, 3.63) is 59.7 Å². The Morgan fingerprint density at radius 1 is 0.800 bits per heavy atom. The molecule has 1 amide bonds. The zero-order chi connectivity index (χ0) is 28.3. The van der Waals surface area contributed by atoms with E-state index in [1.54, 1.807) is 0 Å². The highest BCUT2D eigenvalue weighted by Gasteiger charge is 2.24. The smallest absolute Gasteiger partial charge is 0.220 e. The fraction of sp³-hybridized carbons (Fsp3) is 0.618. The molecule has 6 nitrogen and oxygen atoms in total. The van der Waals surface area contributed by atoms with Gasteiger partial charge in [-0.3, -0.25) is 4.79 Å². The van der Waals surface area contributed by atoms with Gasteiger partial charge in [0.15, 0.2) is 11.5 Å². The van der Waals surface area contributed by atoms with Crippen LogP contribution in [0.4, 0.5) is 0 Å². The first-order valence-electron chi connectivity index (χ1n) is 15.8. The molecule has 1 heterocycles. The second-order valence-electron chi connectivity index (χ2n) is 11.1. The number of unbranched alkanes of at least 4 members (excludes halogenated alkanes) is 12. The molecule has 0 spiro atoms. The molecule has 0 bridgehead atoms. The fourth-order valence-corrected chi connectivity index (χ4v) is 5.27. The van der Waals surface area contributed by atoms with Crippen LogP contribution in [-0.4, -0.2) is 36.8 Å². The number of aliphatic hydroxyl groups excluding tert-OH is 1. The molecular weight excluding hydrogens is 500 g/mol. The van der Waals surface area contributed by atoms with Crippen molar-refractivity contribution in [2.45, 2.75) is 116 Å². The average Bonchev–Trinajstić information content (AvgIpc) is 2.99. The van der Waals surface area contributed by atoms with Crippen molar-refractivity contribution in [3.63, 3.8) is 0 Å². The van der Waals surface area contributed by atoms with E-state index in [0.29, 0.717) is 49.8 Å². The van der Waals surface area contributed by atoms with Crippen LogP contribution in [0, 0.1) is 0 Å². The lowest BCUT2D eigenvalue weighted by Gasteiger charge is -2.26. The summed E-state index contributed by atoms with van der Waals surface area (Å²) in [4.78, 5) is 12.9. The van der Waals surface area contributed by atoms with Crippen molar-refractivity contribution >= 4 is 5.91 Å². The van der Waals surface area contributed by atoms with Crippen molar-refractivity contribution in [1.82, 2.24) is 10.6 Å². The Balaban J connectivity index is 1.38. The van der Waals surface area contributed by atoms with Gasteiger partial charge in [0.05, 0.1) is 6.04 Å². The Hall–Kier alpha value is -2.57. The molecule has 2 aromatic carbocycles. The van der Waals surface area contributed by atoms with Crippen molar-refractivity contribution in [2.24, 2.45) is 0 Å². The zero-order valence-corrected chi connectivity index (χ0v) is 24.7. The van der Waals surface area contributed by atoms with E-state index in [1.165, 1.54) is 70.6 Å². The monoisotopic (exact) mass is 552 g/mol. The molecule has 0 saturated heterocycles. The molecule has 3 N–H and O–H groups in total. The van der Waals surface area contributed by atoms with Crippen molar-refractivity contribution in [3.8, 4) is 11.5 Å². The first-order chi connectivity index (χ1) is 19.7. The molecule has 1 aliphatic rings. The Morgan fingerprint density at radius 2 is 1.40 bits per heavy atom. The van der Waals surface area contributed by atoms with Gasteiger partial charge in [0, 0.05) is 19.5 Å². The van der Waals surface area contributed by atoms with Gasteiger partial charge in [-0.15, -0.1) is 0 Å². The van der Waals surface area contributed by atoms with E-state index in [9.17, 15) is 9.90 Å². The van der Waals surface area contributed by atoms with Gasteiger partial charge in [0.2, 0.25) is 5.91 Å². The van der Waals surface area contributed by atoms with Crippen LogP contribution in [0.15, 0.2) is 48.5 Å². The second-order valence-corrected chi connectivity index (χ2v) is 11.1. The maximum atomic E-state index is 12.9. The molecule has 40 heavy (non-hydrogen) atoms. The predicted octanol–water partition coefficient (Wildman–Crippen LogP) is 7.25. The third-order valence-corrected chi connectivity index (χ3v) is 7.68. The summed E-state index contributed by atoms with van der Waals surface area (Å²) in [6.07, 6.45) is 16.3. The van der Waals surface area contributed by atoms with Crippen molar-refractivity contribution in [1.29, 1.82) is 0 Å². The van der Waals surface area contributed by atoms with E-state index >= 15 is 0 Å². The largest absolute Gasteiger partial charge is 0.486 e. The van der Waals surface area contributed by atoms with Crippen LogP contribution >= 0.6 is 0 Å². The first kappa shape index (κ1) is 32.0. The van der Waals surface area contributed by atoms with Crippen LogP contribution in [0.3, 0.4) is 0 Å². The number of carbonyl (C=O) groups excluding carboxylic acids is 1. The number of rotatable bonds is 21. The van der Waals surface area contributed by atoms with E-state index in [2.05, 4.69) is 29.7 Å². The lowest BCUT2D eigenvalue weighted by molar-refractivity contribution is -0.122. The number of carbonyl (C=O) groups is 1. The lowest BCUT2D eigenvalue weighted by atomic mass is 10.0. The van der Waals surface area contributed by atoms with Gasteiger partial charge in [-0.25, -0.2) is 0 Å². The van der Waals surface area contributed by atoms with Crippen LogP contribution in [-0.2, 0) is 11.3 Å². The third-order valence-electron chi connectivity index (χ3n) is 7.68. The number of aliphatic hydroxyl groups is 1. The van der Waals surface area contributed by atoms with Crippen LogP contribution in [0.2, 0.25) is 0 Å². The number of hydrogen-bond donors (Lipinski definition) is 3. The number of benzene rings is 2. The maximum absolute atomic E-state index is 12.9. The van der Waals surface area contributed by atoms with Gasteiger partial charge < -0.3 is 25.2 Å². The van der Waals surface area contributed by atoms with Gasteiger partial charge in [-0.1, -0.05) is 120 Å². The Kier molecular flexibility index (Phi) is 15.6. The van der Waals surface area contributed by atoms with Crippen LogP contribution in [0.1, 0.15) is 114 Å². The van der Waals surface area contributed by atoms with Crippen LogP contribution in [0.25, 0.3) is 0 Å². The highest BCUT2D eigenvalue weighted by molar-refractivity contribution is 5.76. The van der Waals surface area contributed by atoms with Gasteiger partial charge in [-0.05, 0) is 29.7 Å². The summed E-state index contributed by atoms with van der Waals surface area (Å²) >= 11 is 0. The average molecular weight is 553 g/mol. The molecule has 0 aliphatic carbocycles. The molecule has 0 saturated carbocycles. The highest BCUT2D eigenvalue weighted by Crippen LogP contribution is 2.33. The zero-order valence-electron chi connectivity index (χ0n) is 24.7. The van der Waals surface area contributed by atoms with Crippen molar-refractivity contribution in [2.75, 3.05) is 19.8 Å². The fourth-order valence-electron chi connectivity index (χ4n) is 5.27. The first-order valence-corrected chi connectivity index (χ1v) is 15.8. The molecule has 0 fully saturated rings. The second kappa shape index (κ2) is 19.5. The van der Waals surface area contributed by atoms with Crippen LogP contribution in [0.5, 0.6) is 11.5 Å². The van der Waals surface area contributed by atoms with Crippen molar-refractivity contribution < 1.29 is 19.4 Å². The number of hydrogen-bond acceptors (Lipinski definition) is 5. The number of amides is 1. The number of ether oxygens (including phenoxy) is 2. The third kappa shape index (κ3) is 12.3. The molecule has 6 heteroatoms. The predicted molar refractivity (Wildman–Crippen MR) is 163 cm³/mol. The molecule has 0 unspecified atom stereocenters. The molecule has 2 atom stereocenters. The minimum atomic E-state index is -0.866. The number of fused-ring (bicyclic) bond motifs is 1. The number of nitrogens with one attached hydrogen (secondary N) is 2. The summed E-state index contributed by atoms with van der Waals surface area (Å²) in [7, 11) is 0. The molecule has 3 rings (SSSR count). The molecular formula is C34H52N2O4. The van der Waals surface area contributed by atoms with Gasteiger partial charge >= 0.3 is 0 Å². The van der Waals surface area contributed by atoms with Gasteiger partial charge in [0.1, 0.15) is 19.3 Å². The van der Waals surface area contributed by atoms with E-state index in [0.717, 1.165) is 18.4 Å². The Bertz CT molecular complexity index is 952. The van der Waals surface area contributed by atoms with E-state index in [4.69, 9.17) is 9.47 Å². The lowest BCUT2D eigenvalue weighted by Crippen LogP contribution is -2.45. The standard InChI is InChI=1S/C34H52N2O4/c1-2-3-4-5-6-7-8-9-10-11-12-13-17-20-33(37)36-30(27-35-26-28-18-15-14-16-19-28)34(38)29-21-22-31-32(25-29)40-24-23-39-31/h14-16,18-19,21-22,25,30,34-35,38H,2-13,17,20,23-24,26-27H2,1H3,(H,36,37)/t30-,34+/m1/s1. The Labute approximate surface area is 242 Å². The molecule has 1 aliphatic heterocycles. The Morgan fingerprint density at radius 3 is 2.05 bits per heavy atom. The quantitative estimate of drug-likeness (QED) is 0.142.